The number of amides is 1. The molecule has 1 rings (SSSR count). The highest BCUT2D eigenvalue weighted by atomic mass is 16.7. The maximum Gasteiger partial charge on any atom is 0.249 e. The van der Waals surface area contributed by atoms with Crippen LogP contribution in [0.15, 0.2) is 12.2 Å². The summed E-state index contributed by atoms with van der Waals surface area (Å²) in [5, 5.41) is 76.4. The number of aliphatic hydroxyl groups excluding tert-OH is 7. The van der Waals surface area contributed by atoms with Gasteiger partial charge in [0.05, 0.1) is 25.4 Å². The number of rotatable bonds is 62. The lowest BCUT2D eigenvalue weighted by Crippen LogP contribution is -2.60. The molecule has 0 aromatic rings. The molecule has 0 spiro atoms. The number of unbranched alkanes of at least 4 members (excludes halogenated alkanes) is 48. The number of carbonyl (C=O) groups excluding carboxylic acids is 1. The van der Waals surface area contributed by atoms with E-state index < -0.39 is 74.2 Å². The first-order valence-electron chi connectivity index (χ1n) is 35.1. The van der Waals surface area contributed by atoms with Gasteiger partial charge in [-0.25, -0.2) is 0 Å². The summed E-state index contributed by atoms with van der Waals surface area (Å²) in [5.41, 5.74) is 0. The van der Waals surface area contributed by atoms with E-state index >= 15 is 0 Å². The van der Waals surface area contributed by atoms with Gasteiger partial charge in [0.25, 0.3) is 0 Å². The third kappa shape index (κ3) is 45.2. The third-order valence-corrected chi connectivity index (χ3v) is 17.3. The molecule has 1 amide bonds. The quantitative estimate of drug-likeness (QED) is 0.0215. The van der Waals surface area contributed by atoms with E-state index in [1.54, 1.807) is 0 Å². The van der Waals surface area contributed by atoms with Crippen LogP contribution in [-0.4, -0.2) is 110 Å². The van der Waals surface area contributed by atoms with Crippen LogP contribution in [0.1, 0.15) is 354 Å². The molecule has 8 N–H and O–H groups in total. The molecule has 11 nitrogen and oxygen atoms in total. The molecule has 0 saturated carbocycles. The zero-order valence-corrected chi connectivity index (χ0v) is 52.6. The smallest absolute Gasteiger partial charge is 0.249 e. The average molecular weight is 1140 g/mol. The summed E-state index contributed by atoms with van der Waals surface area (Å²) in [5.74, 6) is -0.698. The molecule has 9 unspecified atom stereocenters. The summed E-state index contributed by atoms with van der Waals surface area (Å²) in [6.45, 7) is 3.51. The standard InChI is InChI=1S/C69H135NO10/c1-3-5-7-9-11-13-15-17-19-21-23-25-26-27-28-29-30-31-32-33-34-35-37-38-40-42-44-46-48-50-52-54-56-61(72)64(74)60(59-79-69-67(77)66(76)65(75)63(58-71)80-69)70-68(78)62(73)57-55-53-51-49-47-45-43-41-39-36-24-22-20-18-16-14-12-10-8-6-4-2/h48,50,60-67,69,71-77H,3-47,49,51-59H2,1-2H3,(H,70,78)/b50-48+. The van der Waals surface area contributed by atoms with Crippen LogP contribution in [0.2, 0.25) is 0 Å². The maximum atomic E-state index is 13.2. The van der Waals surface area contributed by atoms with Crippen molar-refractivity contribution in [2.24, 2.45) is 0 Å². The predicted octanol–water partition coefficient (Wildman–Crippen LogP) is 16.6. The Balaban J connectivity index is 2.19. The Hall–Kier alpha value is -1.15. The second kappa shape index (κ2) is 58.2. The molecule has 476 valence electrons. The van der Waals surface area contributed by atoms with Crippen molar-refractivity contribution >= 4 is 5.91 Å². The minimum absolute atomic E-state index is 0.260. The van der Waals surface area contributed by atoms with Gasteiger partial charge < -0.3 is 50.5 Å². The lowest BCUT2D eigenvalue weighted by atomic mass is 9.98. The van der Waals surface area contributed by atoms with E-state index in [0.29, 0.717) is 12.8 Å². The minimum Gasteiger partial charge on any atom is -0.394 e. The fourth-order valence-corrected chi connectivity index (χ4v) is 11.7. The van der Waals surface area contributed by atoms with E-state index in [0.717, 1.165) is 32.1 Å². The van der Waals surface area contributed by atoms with Gasteiger partial charge in [0.1, 0.15) is 36.6 Å². The van der Waals surface area contributed by atoms with E-state index in [9.17, 15) is 40.5 Å². The highest BCUT2D eigenvalue weighted by molar-refractivity contribution is 5.80. The highest BCUT2D eigenvalue weighted by Crippen LogP contribution is 2.24. The van der Waals surface area contributed by atoms with Crippen LogP contribution >= 0.6 is 0 Å². The Bertz CT molecular complexity index is 1310. The molecular formula is C69H135NO10. The van der Waals surface area contributed by atoms with E-state index in [4.69, 9.17) is 9.47 Å². The van der Waals surface area contributed by atoms with Crippen molar-refractivity contribution in [2.75, 3.05) is 13.2 Å². The first-order chi connectivity index (χ1) is 39.2. The average Bonchev–Trinajstić information content (AvgIpc) is 3.46. The lowest BCUT2D eigenvalue weighted by molar-refractivity contribution is -0.303. The molecule has 0 aromatic heterocycles. The topological polar surface area (TPSA) is 189 Å². The van der Waals surface area contributed by atoms with Gasteiger partial charge in [-0.2, -0.15) is 0 Å². The van der Waals surface area contributed by atoms with E-state index in [1.165, 1.54) is 283 Å². The SMILES string of the molecule is CCCCCCCCCCCCCCCCCCCCCCCCCCCCC/C=C/CCCC(O)C(O)C(COC1OC(CO)C(O)C(O)C1O)NC(=O)C(O)CCCCCCCCCCCCCCCCCCCCCCC. The van der Waals surface area contributed by atoms with Crippen molar-refractivity contribution < 1.29 is 50.0 Å². The Morgan fingerprint density at radius 3 is 1.07 bits per heavy atom. The molecule has 80 heavy (non-hydrogen) atoms. The Labute approximate surface area is 493 Å². The van der Waals surface area contributed by atoms with E-state index in [2.05, 4.69) is 31.3 Å². The fourth-order valence-electron chi connectivity index (χ4n) is 11.7. The zero-order chi connectivity index (χ0) is 58.2. The summed E-state index contributed by atoms with van der Waals surface area (Å²) < 4.78 is 11.2. The van der Waals surface area contributed by atoms with Crippen LogP contribution in [-0.2, 0) is 14.3 Å². The number of hydrogen-bond acceptors (Lipinski definition) is 10. The van der Waals surface area contributed by atoms with Crippen molar-refractivity contribution in [3.8, 4) is 0 Å². The van der Waals surface area contributed by atoms with Crippen molar-refractivity contribution in [2.45, 2.75) is 409 Å². The number of ether oxygens (including phenoxy) is 2. The Morgan fingerprint density at radius 1 is 0.425 bits per heavy atom. The molecule has 0 aliphatic carbocycles. The van der Waals surface area contributed by atoms with Gasteiger partial charge in [-0.05, 0) is 38.5 Å². The van der Waals surface area contributed by atoms with Gasteiger partial charge >= 0.3 is 0 Å². The molecular weight excluding hydrogens is 1000 g/mol. The first kappa shape index (κ1) is 76.9. The predicted molar refractivity (Wildman–Crippen MR) is 335 cm³/mol. The van der Waals surface area contributed by atoms with Gasteiger partial charge in [0.2, 0.25) is 5.91 Å². The summed E-state index contributed by atoms with van der Waals surface area (Å²) in [6, 6.07) is -1.18. The number of carbonyl (C=O) groups is 1. The summed E-state index contributed by atoms with van der Waals surface area (Å²) in [6.07, 6.45) is 60.2. The van der Waals surface area contributed by atoms with Gasteiger partial charge in [-0.15, -0.1) is 0 Å². The van der Waals surface area contributed by atoms with Crippen LogP contribution < -0.4 is 5.32 Å². The lowest BCUT2D eigenvalue weighted by Gasteiger charge is -2.40. The maximum absolute atomic E-state index is 13.2. The minimum atomic E-state index is -1.67. The highest BCUT2D eigenvalue weighted by Gasteiger charge is 2.44. The molecule has 1 fully saturated rings. The fraction of sp³-hybridized carbons (Fsp3) is 0.957. The van der Waals surface area contributed by atoms with Crippen molar-refractivity contribution in [1.29, 1.82) is 0 Å². The second-order valence-electron chi connectivity index (χ2n) is 25.0. The number of aliphatic hydroxyl groups is 7. The largest absolute Gasteiger partial charge is 0.394 e. The molecule has 9 atom stereocenters. The number of hydrogen-bond donors (Lipinski definition) is 8. The van der Waals surface area contributed by atoms with Crippen LogP contribution in [0.25, 0.3) is 0 Å². The molecule has 1 heterocycles. The van der Waals surface area contributed by atoms with Crippen molar-refractivity contribution in [1.82, 2.24) is 5.32 Å². The van der Waals surface area contributed by atoms with Crippen molar-refractivity contribution in [3.05, 3.63) is 12.2 Å². The number of nitrogens with one attached hydrogen (secondary N) is 1. The molecule has 1 aliphatic heterocycles. The van der Waals surface area contributed by atoms with Crippen LogP contribution in [0.4, 0.5) is 0 Å². The van der Waals surface area contributed by atoms with Crippen LogP contribution in [0, 0.1) is 0 Å². The van der Waals surface area contributed by atoms with Gasteiger partial charge in [-0.3, -0.25) is 4.79 Å². The first-order valence-corrected chi connectivity index (χ1v) is 35.1. The van der Waals surface area contributed by atoms with Gasteiger partial charge in [0.15, 0.2) is 6.29 Å². The Kier molecular flexibility index (Phi) is 56.0. The van der Waals surface area contributed by atoms with Gasteiger partial charge in [0, 0.05) is 0 Å². The zero-order valence-electron chi connectivity index (χ0n) is 52.6. The molecule has 0 bridgehead atoms. The molecule has 1 saturated heterocycles. The molecule has 1 aliphatic rings. The summed E-state index contributed by atoms with van der Waals surface area (Å²) in [4.78, 5) is 13.2. The molecule has 11 heteroatoms. The van der Waals surface area contributed by atoms with Crippen LogP contribution in [0.3, 0.4) is 0 Å². The van der Waals surface area contributed by atoms with E-state index in [1.807, 2.05) is 0 Å². The normalized spacial score (nSPS) is 19.2. The van der Waals surface area contributed by atoms with E-state index in [-0.39, 0.29) is 12.8 Å². The summed E-state index contributed by atoms with van der Waals surface area (Å²) >= 11 is 0. The molecule has 0 radical (unpaired) electrons. The molecule has 0 aromatic carbocycles. The van der Waals surface area contributed by atoms with Gasteiger partial charge in [-0.1, -0.05) is 328 Å². The van der Waals surface area contributed by atoms with Crippen molar-refractivity contribution in [3.63, 3.8) is 0 Å². The third-order valence-electron chi connectivity index (χ3n) is 17.3. The van der Waals surface area contributed by atoms with Crippen LogP contribution in [0.5, 0.6) is 0 Å². The number of allylic oxidation sites excluding steroid dienone is 2. The monoisotopic (exact) mass is 1140 g/mol. The second-order valence-corrected chi connectivity index (χ2v) is 25.0. The Morgan fingerprint density at radius 2 is 0.738 bits per heavy atom. The summed E-state index contributed by atoms with van der Waals surface area (Å²) in [7, 11) is 0.